The van der Waals surface area contributed by atoms with Crippen LogP contribution in [-0.4, -0.2) is 18.2 Å². The monoisotopic (exact) mass is 384 g/mol. The number of benzene rings is 1. The zero-order valence-electron chi connectivity index (χ0n) is 16.7. The van der Waals surface area contributed by atoms with E-state index >= 15 is 0 Å². The standard InChI is InChI=1S/C21H24N2O5/c1-12-6-8-18(27-12)14(3)22-21(24)16-7-9-19(20(10-16)25-5)26-11-17-13(2)23-28-15(17)4/h6-10,14H,11H2,1-5H3,(H,22,24). The molecule has 1 N–H and O–H groups in total. The molecule has 0 saturated heterocycles. The Morgan fingerprint density at radius 3 is 2.57 bits per heavy atom. The van der Waals surface area contributed by atoms with Crippen LogP contribution in [0.3, 0.4) is 0 Å². The van der Waals surface area contributed by atoms with Crippen molar-refractivity contribution in [1.29, 1.82) is 0 Å². The molecule has 1 atom stereocenters. The molecule has 0 fully saturated rings. The van der Waals surface area contributed by atoms with Gasteiger partial charge in [0, 0.05) is 5.56 Å². The maximum Gasteiger partial charge on any atom is 0.252 e. The number of nitrogens with zero attached hydrogens (tertiary/aromatic N) is 1. The summed E-state index contributed by atoms with van der Waals surface area (Å²) in [4.78, 5) is 12.6. The first-order chi connectivity index (χ1) is 13.4. The molecule has 0 aliphatic rings. The summed E-state index contributed by atoms with van der Waals surface area (Å²) in [5.74, 6) is 3.01. The molecule has 0 bridgehead atoms. The molecule has 0 spiro atoms. The minimum atomic E-state index is -0.248. The minimum absolute atomic E-state index is 0.225. The second-order valence-electron chi connectivity index (χ2n) is 6.60. The number of ether oxygens (including phenoxy) is 2. The van der Waals surface area contributed by atoms with Crippen molar-refractivity contribution in [2.45, 2.75) is 40.3 Å². The van der Waals surface area contributed by atoms with E-state index in [1.54, 1.807) is 18.2 Å². The van der Waals surface area contributed by atoms with Crippen LogP contribution in [0.1, 0.15) is 51.9 Å². The highest BCUT2D eigenvalue weighted by Gasteiger charge is 2.17. The number of aryl methyl sites for hydroxylation is 3. The van der Waals surface area contributed by atoms with Gasteiger partial charge in [0.25, 0.3) is 5.91 Å². The molecule has 1 unspecified atom stereocenters. The number of methoxy groups -OCH3 is 1. The third kappa shape index (κ3) is 4.19. The molecule has 0 aliphatic carbocycles. The molecule has 2 heterocycles. The van der Waals surface area contributed by atoms with E-state index in [2.05, 4.69) is 10.5 Å². The first-order valence-electron chi connectivity index (χ1n) is 8.98. The van der Waals surface area contributed by atoms with Crippen molar-refractivity contribution in [1.82, 2.24) is 10.5 Å². The second kappa shape index (κ2) is 8.21. The van der Waals surface area contributed by atoms with Gasteiger partial charge in [-0.25, -0.2) is 0 Å². The Bertz CT molecular complexity index is 954. The summed E-state index contributed by atoms with van der Waals surface area (Å²) >= 11 is 0. The number of carbonyl (C=O) groups is 1. The van der Waals surface area contributed by atoms with Crippen molar-refractivity contribution in [3.8, 4) is 11.5 Å². The summed E-state index contributed by atoms with van der Waals surface area (Å²) in [7, 11) is 1.54. The maximum absolute atomic E-state index is 12.6. The van der Waals surface area contributed by atoms with Crippen molar-refractivity contribution in [3.63, 3.8) is 0 Å². The lowest BCUT2D eigenvalue weighted by atomic mass is 10.1. The van der Waals surface area contributed by atoms with Crippen LogP contribution in [0.5, 0.6) is 11.5 Å². The normalized spacial score (nSPS) is 11.9. The summed E-state index contributed by atoms with van der Waals surface area (Å²) < 4.78 is 22.0. The highest BCUT2D eigenvalue weighted by Crippen LogP contribution is 2.30. The van der Waals surface area contributed by atoms with Gasteiger partial charge in [0.1, 0.15) is 23.9 Å². The lowest BCUT2D eigenvalue weighted by Crippen LogP contribution is -2.26. The Hall–Kier alpha value is -3.22. The lowest BCUT2D eigenvalue weighted by Gasteiger charge is -2.14. The first kappa shape index (κ1) is 19.5. The van der Waals surface area contributed by atoms with Gasteiger partial charge in [-0.2, -0.15) is 0 Å². The van der Waals surface area contributed by atoms with Crippen LogP contribution in [-0.2, 0) is 6.61 Å². The molecule has 1 amide bonds. The zero-order chi connectivity index (χ0) is 20.3. The Morgan fingerprint density at radius 1 is 1.18 bits per heavy atom. The average Bonchev–Trinajstić information content (AvgIpc) is 3.25. The van der Waals surface area contributed by atoms with Crippen LogP contribution in [0.15, 0.2) is 39.3 Å². The van der Waals surface area contributed by atoms with Gasteiger partial charge in [-0.3, -0.25) is 4.79 Å². The second-order valence-corrected chi connectivity index (χ2v) is 6.60. The van der Waals surface area contributed by atoms with E-state index in [0.29, 0.717) is 29.4 Å². The molecular weight excluding hydrogens is 360 g/mol. The van der Waals surface area contributed by atoms with Crippen LogP contribution in [0.4, 0.5) is 0 Å². The number of nitrogens with one attached hydrogen (secondary N) is 1. The fourth-order valence-electron chi connectivity index (χ4n) is 2.82. The van der Waals surface area contributed by atoms with Crippen LogP contribution < -0.4 is 14.8 Å². The molecule has 3 aromatic rings. The van der Waals surface area contributed by atoms with E-state index in [-0.39, 0.29) is 11.9 Å². The topological polar surface area (TPSA) is 86.7 Å². The summed E-state index contributed by atoms with van der Waals surface area (Å²) in [5.41, 5.74) is 2.15. The highest BCUT2D eigenvalue weighted by molar-refractivity contribution is 5.95. The Kier molecular flexibility index (Phi) is 5.73. The van der Waals surface area contributed by atoms with Crippen molar-refractivity contribution < 1.29 is 23.2 Å². The predicted molar refractivity (Wildman–Crippen MR) is 103 cm³/mol. The SMILES string of the molecule is COc1cc(C(=O)NC(C)c2ccc(C)o2)ccc1OCc1c(C)noc1C. The third-order valence-electron chi connectivity index (χ3n) is 4.51. The van der Waals surface area contributed by atoms with Gasteiger partial charge >= 0.3 is 0 Å². The molecule has 2 aromatic heterocycles. The predicted octanol–water partition coefficient (Wildman–Crippen LogP) is 4.27. The van der Waals surface area contributed by atoms with Crippen LogP contribution in [0.25, 0.3) is 0 Å². The zero-order valence-corrected chi connectivity index (χ0v) is 16.7. The fraction of sp³-hybridized carbons (Fsp3) is 0.333. The van der Waals surface area contributed by atoms with Crippen molar-refractivity contribution in [2.75, 3.05) is 7.11 Å². The Balaban J connectivity index is 1.70. The summed E-state index contributed by atoms with van der Waals surface area (Å²) in [6, 6.07) is 8.54. The smallest absolute Gasteiger partial charge is 0.252 e. The number of furan rings is 1. The van der Waals surface area contributed by atoms with Gasteiger partial charge in [0.05, 0.1) is 24.4 Å². The van der Waals surface area contributed by atoms with E-state index in [4.69, 9.17) is 18.4 Å². The van der Waals surface area contributed by atoms with Gasteiger partial charge in [-0.05, 0) is 58.0 Å². The van der Waals surface area contributed by atoms with Crippen molar-refractivity contribution in [3.05, 3.63) is 64.4 Å². The third-order valence-corrected chi connectivity index (χ3v) is 4.51. The summed E-state index contributed by atoms with van der Waals surface area (Å²) in [6.07, 6.45) is 0. The summed E-state index contributed by atoms with van der Waals surface area (Å²) in [6.45, 7) is 7.74. The quantitative estimate of drug-likeness (QED) is 0.655. The Morgan fingerprint density at radius 2 is 1.96 bits per heavy atom. The minimum Gasteiger partial charge on any atom is -0.493 e. The molecule has 3 rings (SSSR count). The van der Waals surface area contributed by atoms with Crippen LogP contribution in [0, 0.1) is 20.8 Å². The Labute approximate surface area is 163 Å². The number of hydrogen-bond acceptors (Lipinski definition) is 6. The molecule has 1 aromatic carbocycles. The van der Waals surface area contributed by atoms with E-state index in [0.717, 1.165) is 22.8 Å². The van der Waals surface area contributed by atoms with Crippen LogP contribution in [0.2, 0.25) is 0 Å². The molecular formula is C21H24N2O5. The molecule has 28 heavy (non-hydrogen) atoms. The number of hydrogen-bond donors (Lipinski definition) is 1. The number of aromatic nitrogens is 1. The van der Waals surface area contributed by atoms with Crippen molar-refractivity contribution in [2.24, 2.45) is 0 Å². The molecule has 0 saturated carbocycles. The van der Waals surface area contributed by atoms with Gasteiger partial charge < -0.3 is 23.7 Å². The highest BCUT2D eigenvalue weighted by atomic mass is 16.5. The molecule has 7 heteroatoms. The van der Waals surface area contributed by atoms with E-state index in [1.165, 1.54) is 7.11 Å². The molecule has 0 radical (unpaired) electrons. The maximum atomic E-state index is 12.6. The van der Waals surface area contributed by atoms with Crippen LogP contribution >= 0.6 is 0 Å². The lowest BCUT2D eigenvalue weighted by molar-refractivity contribution is 0.0934. The number of rotatable bonds is 7. The van der Waals surface area contributed by atoms with Gasteiger partial charge in [0.2, 0.25) is 0 Å². The van der Waals surface area contributed by atoms with Gasteiger partial charge in [-0.15, -0.1) is 0 Å². The van der Waals surface area contributed by atoms with E-state index in [9.17, 15) is 4.79 Å². The largest absolute Gasteiger partial charge is 0.493 e. The molecule has 7 nitrogen and oxygen atoms in total. The van der Waals surface area contributed by atoms with E-state index < -0.39 is 0 Å². The van der Waals surface area contributed by atoms with Gasteiger partial charge in [-0.1, -0.05) is 5.16 Å². The first-order valence-corrected chi connectivity index (χ1v) is 8.98. The molecule has 0 aliphatic heterocycles. The number of amides is 1. The van der Waals surface area contributed by atoms with E-state index in [1.807, 2.05) is 39.8 Å². The molecule has 148 valence electrons. The summed E-state index contributed by atoms with van der Waals surface area (Å²) in [5, 5.41) is 6.83. The number of carbonyl (C=O) groups excluding carboxylic acids is 1. The average molecular weight is 384 g/mol. The van der Waals surface area contributed by atoms with Crippen molar-refractivity contribution >= 4 is 5.91 Å². The fourth-order valence-corrected chi connectivity index (χ4v) is 2.82. The van der Waals surface area contributed by atoms with Gasteiger partial charge in [0.15, 0.2) is 11.5 Å².